The van der Waals surface area contributed by atoms with Crippen molar-refractivity contribution in [2.24, 2.45) is 5.92 Å². The lowest BCUT2D eigenvalue weighted by molar-refractivity contribution is -0.138. The van der Waals surface area contributed by atoms with Gasteiger partial charge in [0, 0.05) is 13.3 Å². The van der Waals surface area contributed by atoms with Crippen molar-refractivity contribution < 1.29 is 19.4 Å². The molecule has 1 N–H and O–H groups in total. The predicted molar refractivity (Wildman–Crippen MR) is 139 cm³/mol. The molecule has 0 heterocycles. The zero-order valence-corrected chi connectivity index (χ0v) is 21.8. The number of rotatable bonds is 20. The number of carboxylic acid groups (broad SMARTS) is 1. The van der Waals surface area contributed by atoms with E-state index < -0.39 is 5.97 Å². The summed E-state index contributed by atoms with van der Waals surface area (Å²) in [6, 6.07) is 0. The van der Waals surface area contributed by atoms with Gasteiger partial charge in [0.25, 0.3) is 5.97 Å². The summed E-state index contributed by atoms with van der Waals surface area (Å²) in [5, 5.41) is 7.42. The van der Waals surface area contributed by atoms with Gasteiger partial charge in [-0.05, 0) is 12.3 Å². The fraction of sp³-hybridized carbons (Fsp3) is 0.862. The fourth-order valence-corrected chi connectivity index (χ4v) is 4.80. The molecule has 4 nitrogen and oxygen atoms in total. The molecular formula is C29H54O4. The standard InChI is InChI=1S/C27H50O2.C2H4O2/c1-2-29-27(28)25-21-16-14-12-10-8-6-4-3-5-7-9-11-13-15-18-22-26-23-19-17-20-24-26;1-2(3)4/h2,26H,1,3-25H2;1H3,(H,3,4). The minimum absolute atomic E-state index is 0.144. The molecule has 0 atom stereocenters. The van der Waals surface area contributed by atoms with E-state index >= 15 is 0 Å². The summed E-state index contributed by atoms with van der Waals surface area (Å²) in [6.45, 7) is 4.48. The van der Waals surface area contributed by atoms with Gasteiger partial charge in [0.2, 0.25) is 0 Å². The highest BCUT2D eigenvalue weighted by Gasteiger charge is 2.12. The molecule has 0 spiro atoms. The number of carboxylic acids is 1. The molecule has 33 heavy (non-hydrogen) atoms. The van der Waals surface area contributed by atoms with Crippen molar-refractivity contribution in [3.63, 3.8) is 0 Å². The van der Waals surface area contributed by atoms with Crippen LogP contribution in [0.25, 0.3) is 0 Å². The topological polar surface area (TPSA) is 63.6 Å². The highest BCUT2D eigenvalue weighted by molar-refractivity contribution is 5.69. The van der Waals surface area contributed by atoms with Gasteiger partial charge in [-0.25, -0.2) is 0 Å². The van der Waals surface area contributed by atoms with E-state index in [0.29, 0.717) is 6.42 Å². The van der Waals surface area contributed by atoms with Gasteiger partial charge < -0.3 is 9.84 Å². The van der Waals surface area contributed by atoms with Crippen LogP contribution in [-0.4, -0.2) is 17.0 Å². The van der Waals surface area contributed by atoms with E-state index in [2.05, 4.69) is 6.58 Å². The van der Waals surface area contributed by atoms with Crippen LogP contribution in [0.4, 0.5) is 0 Å². The Morgan fingerprint density at radius 1 is 0.727 bits per heavy atom. The molecule has 1 rings (SSSR count). The number of carbonyl (C=O) groups excluding carboxylic acids is 1. The Hall–Kier alpha value is -1.32. The van der Waals surface area contributed by atoms with Crippen LogP contribution in [0.1, 0.15) is 155 Å². The Balaban J connectivity index is 0.00000235. The maximum absolute atomic E-state index is 11.2. The third-order valence-corrected chi connectivity index (χ3v) is 6.68. The van der Waals surface area contributed by atoms with Gasteiger partial charge in [-0.15, -0.1) is 0 Å². The van der Waals surface area contributed by atoms with Gasteiger partial charge in [-0.2, -0.15) is 0 Å². The molecule has 1 aliphatic carbocycles. The lowest BCUT2D eigenvalue weighted by Crippen LogP contribution is -2.05. The van der Waals surface area contributed by atoms with Crippen LogP contribution in [0.2, 0.25) is 0 Å². The first-order valence-electron chi connectivity index (χ1n) is 14.1. The predicted octanol–water partition coefficient (Wildman–Crippen LogP) is 9.37. The lowest BCUT2D eigenvalue weighted by Gasteiger charge is -2.21. The number of hydrogen-bond acceptors (Lipinski definition) is 3. The summed E-state index contributed by atoms with van der Waals surface area (Å²) < 4.78 is 4.72. The Morgan fingerprint density at radius 2 is 1.09 bits per heavy atom. The molecule has 1 saturated carbocycles. The molecular weight excluding hydrogens is 412 g/mol. The molecule has 0 saturated heterocycles. The molecule has 194 valence electrons. The molecule has 4 heteroatoms. The maximum atomic E-state index is 11.2. The van der Waals surface area contributed by atoms with Gasteiger partial charge >= 0.3 is 5.97 Å². The van der Waals surface area contributed by atoms with Gasteiger partial charge in [0.15, 0.2) is 0 Å². The first kappa shape index (κ1) is 31.7. The van der Waals surface area contributed by atoms with Crippen molar-refractivity contribution in [3.05, 3.63) is 12.8 Å². The summed E-state index contributed by atoms with van der Waals surface area (Å²) in [5.74, 6) is 0.103. The fourth-order valence-electron chi connectivity index (χ4n) is 4.80. The third-order valence-electron chi connectivity index (χ3n) is 6.68. The summed E-state index contributed by atoms with van der Waals surface area (Å²) in [4.78, 5) is 20.2. The Bertz CT molecular complexity index is 451. The SMILES string of the molecule is C=COC(=O)CCCCCCCCCCCCCCCCCCC1CCCCC1.CC(=O)O. The van der Waals surface area contributed by atoms with Gasteiger partial charge in [-0.3, -0.25) is 9.59 Å². The van der Waals surface area contributed by atoms with Crippen molar-refractivity contribution in [3.8, 4) is 0 Å². The molecule has 0 bridgehead atoms. The van der Waals surface area contributed by atoms with E-state index in [9.17, 15) is 4.79 Å². The summed E-state index contributed by atoms with van der Waals surface area (Å²) in [5.41, 5.74) is 0. The van der Waals surface area contributed by atoms with Gasteiger partial charge in [-0.1, -0.05) is 141 Å². The Labute approximate surface area is 204 Å². The molecule has 1 aliphatic rings. The second-order valence-electron chi connectivity index (χ2n) is 9.88. The molecule has 0 unspecified atom stereocenters. The van der Waals surface area contributed by atoms with E-state index in [1.807, 2.05) is 0 Å². The normalized spacial score (nSPS) is 13.7. The minimum Gasteiger partial charge on any atom is -0.481 e. The average Bonchev–Trinajstić information content (AvgIpc) is 2.79. The van der Waals surface area contributed by atoms with Crippen LogP contribution >= 0.6 is 0 Å². The number of unbranched alkanes of at least 4 members (excludes halogenated alkanes) is 15. The molecule has 0 aromatic heterocycles. The minimum atomic E-state index is -0.833. The monoisotopic (exact) mass is 466 g/mol. The molecule has 1 fully saturated rings. The van der Waals surface area contributed by atoms with E-state index in [4.69, 9.17) is 14.6 Å². The van der Waals surface area contributed by atoms with Gasteiger partial charge in [0.1, 0.15) is 0 Å². The first-order chi connectivity index (χ1) is 16.1. The third kappa shape index (κ3) is 26.8. The van der Waals surface area contributed by atoms with Crippen LogP contribution in [0.5, 0.6) is 0 Å². The average molecular weight is 467 g/mol. The largest absolute Gasteiger partial charge is 0.481 e. The number of aliphatic carboxylic acids is 1. The number of esters is 1. The van der Waals surface area contributed by atoms with Crippen molar-refractivity contribution in [2.45, 2.75) is 155 Å². The molecule has 0 radical (unpaired) electrons. The van der Waals surface area contributed by atoms with Crippen LogP contribution in [0, 0.1) is 5.92 Å². The summed E-state index contributed by atoms with van der Waals surface area (Å²) in [6.07, 6.45) is 32.8. The van der Waals surface area contributed by atoms with Crippen molar-refractivity contribution >= 4 is 11.9 Å². The molecule has 0 aromatic rings. The van der Waals surface area contributed by atoms with Crippen molar-refractivity contribution in [1.82, 2.24) is 0 Å². The van der Waals surface area contributed by atoms with Crippen molar-refractivity contribution in [2.75, 3.05) is 0 Å². The summed E-state index contributed by atoms with van der Waals surface area (Å²) >= 11 is 0. The highest BCUT2D eigenvalue weighted by Crippen LogP contribution is 2.28. The smallest absolute Gasteiger partial charge is 0.310 e. The number of hydrogen-bond donors (Lipinski definition) is 1. The van der Waals surface area contributed by atoms with Crippen LogP contribution in [0.3, 0.4) is 0 Å². The van der Waals surface area contributed by atoms with Gasteiger partial charge in [0.05, 0.1) is 6.26 Å². The van der Waals surface area contributed by atoms with Crippen molar-refractivity contribution in [1.29, 1.82) is 0 Å². The van der Waals surface area contributed by atoms with E-state index in [0.717, 1.165) is 25.7 Å². The molecule has 0 amide bonds. The maximum Gasteiger partial charge on any atom is 0.310 e. The number of ether oxygens (including phenoxy) is 1. The Morgan fingerprint density at radius 3 is 1.48 bits per heavy atom. The van der Waals surface area contributed by atoms with Crippen LogP contribution in [0.15, 0.2) is 12.8 Å². The van der Waals surface area contributed by atoms with Crippen LogP contribution in [-0.2, 0) is 14.3 Å². The number of carbonyl (C=O) groups is 2. The van der Waals surface area contributed by atoms with Crippen LogP contribution < -0.4 is 0 Å². The lowest BCUT2D eigenvalue weighted by atomic mass is 9.85. The first-order valence-corrected chi connectivity index (χ1v) is 14.1. The zero-order chi connectivity index (χ0) is 24.4. The Kier molecular flexibility index (Phi) is 24.3. The zero-order valence-electron chi connectivity index (χ0n) is 21.8. The quantitative estimate of drug-likeness (QED) is 0.110. The second-order valence-corrected chi connectivity index (χ2v) is 9.88. The highest BCUT2D eigenvalue weighted by atomic mass is 16.5. The molecule has 0 aliphatic heterocycles. The molecule has 0 aromatic carbocycles. The summed E-state index contributed by atoms with van der Waals surface area (Å²) in [7, 11) is 0. The van der Waals surface area contributed by atoms with E-state index in [1.165, 1.54) is 135 Å². The van der Waals surface area contributed by atoms with E-state index in [1.54, 1.807) is 0 Å². The van der Waals surface area contributed by atoms with E-state index in [-0.39, 0.29) is 5.97 Å². The second kappa shape index (κ2) is 25.3.